The van der Waals surface area contributed by atoms with Gasteiger partial charge >= 0.3 is 0 Å². The van der Waals surface area contributed by atoms with Crippen molar-refractivity contribution in [3.63, 3.8) is 0 Å². The molecule has 92 valence electrons. The van der Waals surface area contributed by atoms with Gasteiger partial charge in [-0.15, -0.1) is 0 Å². The molecule has 1 saturated heterocycles. The number of nitrogens with two attached hydrogens (primary N) is 1. The molecule has 0 radical (unpaired) electrons. The number of hydrogen-bond donors (Lipinski definition) is 1. The Labute approximate surface area is 99.6 Å². The standard InChI is InChI=1S/C12H16FN3O/c1-8-2-3-16(11(8)5-14)12(17)9-4-10(13)7-15-6-9/h4,6-8,11H,2-3,5,14H2,1H3. The monoisotopic (exact) mass is 237 g/mol. The molecule has 17 heavy (non-hydrogen) atoms. The highest BCUT2D eigenvalue weighted by molar-refractivity contribution is 5.94. The fourth-order valence-electron chi connectivity index (χ4n) is 2.31. The SMILES string of the molecule is CC1CCN(C(=O)c2cncc(F)c2)C1CN. The maximum absolute atomic E-state index is 13.0. The van der Waals surface area contributed by atoms with Crippen LogP contribution in [0.25, 0.3) is 0 Å². The summed E-state index contributed by atoms with van der Waals surface area (Å²) < 4.78 is 13.0. The third-order valence-electron chi connectivity index (χ3n) is 3.34. The predicted molar refractivity (Wildman–Crippen MR) is 61.9 cm³/mol. The summed E-state index contributed by atoms with van der Waals surface area (Å²) in [5.41, 5.74) is 5.97. The van der Waals surface area contributed by atoms with Crippen molar-refractivity contribution in [2.75, 3.05) is 13.1 Å². The summed E-state index contributed by atoms with van der Waals surface area (Å²) in [5, 5.41) is 0. The second-order valence-electron chi connectivity index (χ2n) is 4.46. The van der Waals surface area contributed by atoms with Crippen LogP contribution in [0.3, 0.4) is 0 Å². The van der Waals surface area contributed by atoms with E-state index < -0.39 is 5.82 Å². The van der Waals surface area contributed by atoms with E-state index in [0.717, 1.165) is 12.6 Å². The number of nitrogens with zero attached hydrogens (tertiary/aromatic N) is 2. The Morgan fingerprint density at radius 3 is 3.06 bits per heavy atom. The van der Waals surface area contributed by atoms with Crippen LogP contribution in [0.4, 0.5) is 4.39 Å². The highest BCUT2D eigenvalue weighted by Crippen LogP contribution is 2.24. The van der Waals surface area contributed by atoms with E-state index >= 15 is 0 Å². The molecule has 1 fully saturated rings. The Bertz CT molecular complexity index is 424. The smallest absolute Gasteiger partial charge is 0.255 e. The molecule has 2 atom stereocenters. The minimum Gasteiger partial charge on any atom is -0.334 e. The van der Waals surface area contributed by atoms with Gasteiger partial charge in [0.2, 0.25) is 0 Å². The van der Waals surface area contributed by atoms with E-state index in [1.54, 1.807) is 4.90 Å². The molecular formula is C12H16FN3O. The molecule has 1 aromatic rings. The quantitative estimate of drug-likeness (QED) is 0.835. The van der Waals surface area contributed by atoms with Crippen molar-refractivity contribution in [3.05, 3.63) is 29.8 Å². The van der Waals surface area contributed by atoms with Crippen molar-refractivity contribution in [3.8, 4) is 0 Å². The summed E-state index contributed by atoms with van der Waals surface area (Å²) in [7, 11) is 0. The number of amides is 1. The molecular weight excluding hydrogens is 221 g/mol. The van der Waals surface area contributed by atoms with E-state index in [2.05, 4.69) is 11.9 Å². The van der Waals surface area contributed by atoms with E-state index in [1.807, 2.05) is 0 Å². The number of aromatic nitrogens is 1. The minimum atomic E-state index is -0.493. The van der Waals surface area contributed by atoms with Crippen molar-refractivity contribution < 1.29 is 9.18 Å². The highest BCUT2D eigenvalue weighted by atomic mass is 19.1. The van der Waals surface area contributed by atoms with Crippen molar-refractivity contribution in [1.82, 2.24) is 9.88 Å². The number of rotatable bonds is 2. The number of pyridine rings is 1. The van der Waals surface area contributed by atoms with Crippen molar-refractivity contribution in [2.45, 2.75) is 19.4 Å². The lowest BCUT2D eigenvalue weighted by Crippen LogP contribution is -2.42. The normalized spacial score (nSPS) is 24.1. The van der Waals surface area contributed by atoms with Crippen molar-refractivity contribution >= 4 is 5.91 Å². The Kier molecular flexibility index (Phi) is 3.38. The number of carbonyl (C=O) groups excluding carboxylic acids is 1. The fourth-order valence-corrected chi connectivity index (χ4v) is 2.31. The lowest BCUT2D eigenvalue weighted by Gasteiger charge is -2.25. The molecule has 2 N–H and O–H groups in total. The van der Waals surface area contributed by atoms with Gasteiger partial charge in [-0.05, 0) is 18.4 Å². The highest BCUT2D eigenvalue weighted by Gasteiger charge is 2.33. The van der Waals surface area contributed by atoms with E-state index in [4.69, 9.17) is 5.73 Å². The molecule has 5 heteroatoms. The summed E-state index contributed by atoms with van der Waals surface area (Å²) in [4.78, 5) is 17.6. The average Bonchev–Trinajstić information content (AvgIpc) is 2.69. The maximum Gasteiger partial charge on any atom is 0.255 e. The molecule has 1 aliphatic rings. The summed E-state index contributed by atoms with van der Waals surface area (Å²) in [5.74, 6) is -0.283. The summed E-state index contributed by atoms with van der Waals surface area (Å²) >= 11 is 0. The zero-order chi connectivity index (χ0) is 12.4. The van der Waals surface area contributed by atoms with Gasteiger partial charge in [0.05, 0.1) is 11.8 Å². The van der Waals surface area contributed by atoms with E-state index in [1.165, 1.54) is 12.3 Å². The minimum absolute atomic E-state index is 0.0470. The van der Waals surface area contributed by atoms with Crippen LogP contribution in [0, 0.1) is 11.7 Å². The molecule has 0 aromatic carbocycles. The zero-order valence-electron chi connectivity index (χ0n) is 9.77. The number of likely N-dealkylation sites (tertiary alicyclic amines) is 1. The second-order valence-corrected chi connectivity index (χ2v) is 4.46. The predicted octanol–water partition coefficient (Wildman–Crippen LogP) is 1.03. The van der Waals surface area contributed by atoms with Crippen LogP contribution >= 0.6 is 0 Å². The van der Waals surface area contributed by atoms with Crippen molar-refractivity contribution in [2.24, 2.45) is 11.7 Å². The second kappa shape index (κ2) is 4.79. The molecule has 1 aliphatic heterocycles. The van der Waals surface area contributed by atoms with Gasteiger partial charge in [0.1, 0.15) is 5.82 Å². The number of halogens is 1. The first kappa shape index (κ1) is 12.0. The van der Waals surface area contributed by atoms with Gasteiger partial charge in [0.25, 0.3) is 5.91 Å². The first-order valence-electron chi connectivity index (χ1n) is 5.75. The van der Waals surface area contributed by atoms with E-state index in [0.29, 0.717) is 19.0 Å². The van der Waals surface area contributed by atoms with Crippen LogP contribution in [-0.4, -0.2) is 34.9 Å². The van der Waals surface area contributed by atoms with Gasteiger partial charge in [-0.1, -0.05) is 6.92 Å². The summed E-state index contributed by atoms with van der Waals surface area (Å²) in [6, 6.07) is 1.26. The molecule has 2 heterocycles. The number of hydrogen-bond acceptors (Lipinski definition) is 3. The van der Waals surface area contributed by atoms with E-state index in [-0.39, 0.29) is 17.5 Å². The largest absolute Gasteiger partial charge is 0.334 e. The average molecular weight is 237 g/mol. The van der Waals surface area contributed by atoms with Crippen LogP contribution in [0.1, 0.15) is 23.7 Å². The molecule has 4 nitrogen and oxygen atoms in total. The van der Waals surface area contributed by atoms with Crippen LogP contribution < -0.4 is 5.73 Å². The maximum atomic E-state index is 13.0. The Morgan fingerprint density at radius 1 is 1.65 bits per heavy atom. The van der Waals surface area contributed by atoms with Crippen LogP contribution in [0.2, 0.25) is 0 Å². The van der Waals surface area contributed by atoms with Gasteiger partial charge in [-0.2, -0.15) is 0 Å². The van der Waals surface area contributed by atoms with Gasteiger partial charge in [0, 0.05) is 25.3 Å². The summed E-state index contributed by atoms with van der Waals surface area (Å²) in [6.07, 6.45) is 3.42. The molecule has 1 amide bonds. The molecule has 2 unspecified atom stereocenters. The summed E-state index contributed by atoms with van der Waals surface area (Å²) in [6.45, 7) is 3.20. The third-order valence-corrected chi connectivity index (χ3v) is 3.34. The molecule has 0 bridgehead atoms. The third kappa shape index (κ3) is 2.29. The topological polar surface area (TPSA) is 59.2 Å². The van der Waals surface area contributed by atoms with Gasteiger partial charge < -0.3 is 10.6 Å². The Hall–Kier alpha value is -1.49. The fraction of sp³-hybridized carbons (Fsp3) is 0.500. The van der Waals surface area contributed by atoms with Crippen LogP contribution in [0.5, 0.6) is 0 Å². The van der Waals surface area contributed by atoms with Gasteiger partial charge in [0.15, 0.2) is 0 Å². The van der Waals surface area contributed by atoms with Crippen molar-refractivity contribution in [1.29, 1.82) is 0 Å². The first-order valence-corrected chi connectivity index (χ1v) is 5.75. The molecule has 0 saturated carbocycles. The molecule has 0 aliphatic carbocycles. The first-order chi connectivity index (χ1) is 8.13. The zero-order valence-corrected chi connectivity index (χ0v) is 9.77. The van der Waals surface area contributed by atoms with Crippen LogP contribution in [-0.2, 0) is 0 Å². The molecule has 2 rings (SSSR count). The molecule has 1 aromatic heterocycles. The Balaban J connectivity index is 2.20. The lowest BCUT2D eigenvalue weighted by atomic mass is 10.0. The molecule has 0 spiro atoms. The van der Waals surface area contributed by atoms with E-state index in [9.17, 15) is 9.18 Å². The van der Waals surface area contributed by atoms with Gasteiger partial charge in [-0.25, -0.2) is 4.39 Å². The lowest BCUT2D eigenvalue weighted by molar-refractivity contribution is 0.0726. The Morgan fingerprint density at radius 2 is 2.41 bits per heavy atom. The number of carbonyl (C=O) groups is 1. The van der Waals surface area contributed by atoms with Crippen LogP contribution in [0.15, 0.2) is 18.5 Å². The van der Waals surface area contributed by atoms with Gasteiger partial charge in [-0.3, -0.25) is 9.78 Å².